The summed E-state index contributed by atoms with van der Waals surface area (Å²) in [5, 5.41) is 4.24. The molecule has 3 heterocycles. The zero-order valence-corrected chi connectivity index (χ0v) is 14.2. The van der Waals surface area contributed by atoms with Crippen LogP contribution in [0.15, 0.2) is 17.0 Å². The quantitative estimate of drug-likeness (QED) is 0.903. The molecule has 1 N–H and O–H groups in total. The molecule has 0 radical (unpaired) electrons. The van der Waals surface area contributed by atoms with Crippen molar-refractivity contribution in [3.05, 3.63) is 29.9 Å². The number of aromatic nitrogens is 4. The number of piperidine rings is 1. The van der Waals surface area contributed by atoms with Gasteiger partial charge in [0.05, 0.1) is 6.33 Å². The molecule has 7 nitrogen and oxygen atoms in total. The van der Waals surface area contributed by atoms with E-state index in [1.165, 1.54) is 19.3 Å². The van der Waals surface area contributed by atoms with Crippen LogP contribution in [0.5, 0.6) is 0 Å². The zero-order valence-electron chi connectivity index (χ0n) is 14.2. The lowest BCUT2D eigenvalue weighted by Crippen LogP contribution is -2.43. The van der Waals surface area contributed by atoms with Crippen LogP contribution in [0.4, 0.5) is 0 Å². The van der Waals surface area contributed by atoms with Crippen molar-refractivity contribution < 1.29 is 9.32 Å². The van der Waals surface area contributed by atoms with E-state index >= 15 is 0 Å². The first-order chi connectivity index (χ1) is 12.3. The molecule has 0 bridgehead atoms. The zero-order chi connectivity index (χ0) is 16.8. The minimum absolute atomic E-state index is 0.208. The molecule has 1 saturated heterocycles. The standard InChI is InChI=1S/C18H23N5O2/c24-16-5-4-12(9-23(16)8-11-2-1-3-11)17-21-18(25-22-17)14-6-13(14)15-7-19-10-20-15/h7,10-14H,1-6,8-9H2,(H,19,20)/t12?,13-,14-/m1/s1. The molecule has 3 aliphatic rings. The summed E-state index contributed by atoms with van der Waals surface area (Å²) in [6.45, 7) is 1.65. The van der Waals surface area contributed by atoms with Gasteiger partial charge in [0.25, 0.3) is 0 Å². The van der Waals surface area contributed by atoms with E-state index < -0.39 is 0 Å². The van der Waals surface area contributed by atoms with Crippen LogP contribution < -0.4 is 0 Å². The Bertz CT molecular complexity index is 751. The number of nitrogens with zero attached hydrogens (tertiary/aromatic N) is 4. The number of carbonyl (C=O) groups excluding carboxylic acids is 1. The van der Waals surface area contributed by atoms with Gasteiger partial charge >= 0.3 is 0 Å². The van der Waals surface area contributed by atoms with Crippen LogP contribution in [0.3, 0.4) is 0 Å². The summed E-state index contributed by atoms with van der Waals surface area (Å²) in [5.41, 5.74) is 1.14. The molecular formula is C18H23N5O2. The fraction of sp³-hybridized carbons (Fsp3) is 0.667. The number of hydrogen-bond donors (Lipinski definition) is 1. The van der Waals surface area contributed by atoms with Gasteiger partial charge in [0, 0.05) is 49.2 Å². The molecule has 2 saturated carbocycles. The summed E-state index contributed by atoms with van der Waals surface area (Å²) < 4.78 is 5.55. The first-order valence-corrected chi connectivity index (χ1v) is 9.37. The summed E-state index contributed by atoms with van der Waals surface area (Å²) in [6, 6.07) is 0. The SMILES string of the molecule is O=C1CCC(c2noc([C@@H]3C[C@H]3c3cnc[nH]3)n2)CN1CC1CCC1. The van der Waals surface area contributed by atoms with Crippen molar-refractivity contribution >= 4 is 5.91 Å². The van der Waals surface area contributed by atoms with E-state index in [1.54, 1.807) is 6.33 Å². The van der Waals surface area contributed by atoms with E-state index in [0.29, 0.717) is 24.2 Å². The largest absolute Gasteiger partial charge is 0.348 e. The number of likely N-dealkylation sites (tertiary alicyclic amines) is 1. The monoisotopic (exact) mass is 341 g/mol. The van der Waals surface area contributed by atoms with Crippen molar-refractivity contribution in [2.24, 2.45) is 5.92 Å². The Morgan fingerprint density at radius 1 is 1.28 bits per heavy atom. The summed E-state index contributed by atoms with van der Waals surface area (Å²) >= 11 is 0. The minimum Gasteiger partial charge on any atom is -0.348 e. The number of nitrogens with one attached hydrogen (secondary N) is 1. The highest BCUT2D eigenvalue weighted by Crippen LogP contribution is 2.53. The number of amides is 1. The van der Waals surface area contributed by atoms with Gasteiger partial charge in [0.1, 0.15) is 0 Å². The normalized spacial score (nSPS) is 29.7. The third-order valence-electron chi connectivity index (χ3n) is 6.05. The van der Waals surface area contributed by atoms with Gasteiger partial charge in [0.15, 0.2) is 5.82 Å². The van der Waals surface area contributed by atoms with Crippen molar-refractivity contribution in [3.8, 4) is 0 Å². The van der Waals surface area contributed by atoms with Crippen molar-refractivity contribution in [2.45, 2.75) is 56.3 Å². The molecule has 1 unspecified atom stereocenters. The first kappa shape index (κ1) is 15.1. The number of H-pyrrole nitrogens is 1. The van der Waals surface area contributed by atoms with E-state index in [0.717, 1.165) is 43.3 Å². The molecule has 3 fully saturated rings. The highest BCUT2D eigenvalue weighted by Gasteiger charge is 2.45. The molecule has 7 heteroatoms. The van der Waals surface area contributed by atoms with E-state index in [9.17, 15) is 4.79 Å². The highest BCUT2D eigenvalue weighted by molar-refractivity contribution is 5.77. The van der Waals surface area contributed by atoms with E-state index in [-0.39, 0.29) is 11.8 Å². The number of imidazole rings is 1. The molecule has 3 atom stereocenters. The highest BCUT2D eigenvalue weighted by atomic mass is 16.5. The predicted molar refractivity (Wildman–Crippen MR) is 88.9 cm³/mol. The number of carbonyl (C=O) groups is 1. The Labute approximate surface area is 146 Å². The van der Waals surface area contributed by atoms with Crippen molar-refractivity contribution in [1.82, 2.24) is 25.0 Å². The molecule has 1 amide bonds. The van der Waals surface area contributed by atoms with Gasteiger partial charge < -0.3 is 14.4 Å². The van der Waals surface area contributed by atoms with Gasteiger partial charge in [-0.25, -0.2) is 4.98 Å². The Hall–Kier alpha value is -2.18. The van der Waals surface area contributed by atoms with Gasteiger partial charge in [-0.1, -0.05) is 11.6 Å². The lowest BCUT2D eigenvalue weighted by Gasteiger charge is -2.36. The lowest BCUT2D eigenvalue weighted by atomic mass is 9.84. The Morgan fingerprint density at radius 3 is 2.96 bits per heavy atom. The van der Waals surface area contributed by atoms with Crippen LogP contribution in [0.2, 0.25) is 0 Å². The Morgan fingerprint density at radius 2 is 2.20 bits per heavy atom. The number of hydrogen-bond acceptors (Lipinski definition) is 5. The molecule has 132 valence electrons. The summed E-state index contributed by atoms with van der Waals surface area (Å²) in [7, 11) is 0. The maximum atomic E-state index is 12.2. The fourth-order valence-corrected chi connectivity index (χ4v) is 4.13. The van der Waals surface area contributed by atoms with E-state index in [4.69, 9.17) is 4.52 Å². The van der Waals surface area contributed by atoms with Crippen LogP contribution in [-0.4, -0.2) is 44.0 Å². The average Bonchev–Trinajstić information content (AvgIpc) is 3.02. The third kappa shape index (κ3) is 2.85. The summed E-state index contributed by atoms with van der Waals surface area (Å²) in [6.07, 6.45) is 9.86. The van der Waals surface area contributed by atoms with Crippen molar-refractivity contribution in [2.75, 3.05) is 13.1 Å². The average molecular weight is 341 g/mol. The second kappa shape index (κ2) is 5.97. The molecule has 25 heavy (non-hydrogen) atoms. The Kier molecular flexibility index (Phi) is 3.60. The summed E-state index contributed by atoms with van der Waals surface area (Å²) in [5.74, 6) is 3.42. The maximum absolute atomic E-state index is 12.2. The van der Waals surface area contributed by atoms with Crippen LogP contribution in [0.1, 0.15) is 73.7 Å². The molecular weight excluding hydrogens is 318 g/mol. The van der Waals surface area contributed by atoms with Gasteiger partial charge in [-0.05, 0) is 31.6 Å². The van der Waals surface area contributed by atoms with Crippen LogP contribution in [0.25, 0.3) is 0 Å². The van der Waals surface area contributed by atoms with Gasteiger partial charge in [0.2, 0.25) is 11.8 Å². The molecule has 2 aromatic rings. The van der Waals surface area contributed by atoms with Crippen molar-refractivity contribution in [1.29, 1.82) is 0 Å². The Balaban J connectivity index is 1.25. The second-order valence-corrected chi connectivity index (χ2v) is 7.78. The fourth-order valence-electron chi connectivity index (χ4n) is 4.13. The van der Waals surface area contributed by atoms with Crippen LogP contribution in [-0.2, 0) is 4.79 Å². The van der Waals surface area contributed by atoms with Gasteiger partial charge in [-0.15, -0.1) is 0 Å². The van der Waals surface area contributed by atoms with Gasteiger partial charge in [-0.2, -0.15) is 4.98 Å². The molecule has 2 aliphatic carbocycles. The maximum Gasteiger partial charge on any atom is 0.230 e. The molecule has 5 rings (SSSR count). The summed E-state index contributed by atoms with van der Waals surface area (Å²) in [4.78, 5) is 26.1. The molecule has 1 aliphatic heterocycles. The lowest BCUT2D eigenvalue weighted by molar-refractivity contribution is -0.135. The topological polar surface area (TPSA) is 87.9 Å². The minimum atomic E-state index is 0.208. The predicted octanol–water partition coefficient (Wildman–Crippen LogP) is 2.57. The van der Waals surface area contributed by atoms with Crippen LogP contribution in [0, 0.1) is 5.92 Å². The number of rotatable bonds is 5. The van der Waals surface area contributed by atoms with Crippen molar-refractivity contribution in [3.63, 3.8) is 0 Å². The van der Waals surface area contributed by atoms with E-state index in [1.807, 2.05) is 11.1 Å². The molecule has 0 aromatic carbocycles. The molecule has 0 spiro atoms. The number of aromatic amines is 1. The first-order valence-electron chi connectivity index (χ1n) is 9.37. The molecule has 2 aromatic heterocycles. The van der Waals surface area contributed by atoms with Gasteiger partial charge in [-0.3, -0.25) is 4.79 Å². The van der Waals surface area contributed by atoms with Crippen LogP contribution >= 0.6 is 0 Å². The smallest absolute Gasteiger partial charge is 0.230 e. The second-order valence-electron chi connectivity index (χ2n) is 7.78. The third-order valence-corrected chi connectivity index (χ3v) is 6.05. The van der Waals surface area contributed by atoms with E-state index in [2.05, 4.69) is 20.1 Å².